The summed E-state index contributed by atoms with van der Waals surface area (Å²) in [6.07, 6.45) is 3.62. The minimum absolute atomic E-state index is 0.225. The largest absolute Gasteiger partial charge is 0.477 e. The molecule has 0 spiro atoms. The third-order valence-corrected chi connectivity index (χ3v) is 7.73. The Morgan fingerprint density at radius 1 is 1.28 bits per heavy atom. The van der Waals surface area contributed by atoms with Crippen LogP contribution < -0.4 is 10.6 Å². The maximum absolute atomic E-state index is 13.3. The quantitative estimate of drug-likeness (QED) is 0.0997. The molecule has 0 amide bonds. The molecule has 0 radical (unpaired) electrons. The molecule has 0 bridgehead atoms. The summed E-state index contributed by atoms with van der Waals surface area (Å²) in [5.74, 6) is -0.415. The fourth-order valence-electron chi connectivity index (χ4n) is 4.38. The fraction of sp³-hybridized carbons (Fsp3) is 0.130. The van der Waals surface area contributed by atoms with Gasteiger partial charge in [0.15, 0.2) is 0 Å². The number of pyridine rings is 1. The topological polar surface area (TPSA) is 151 Å². The van der Waals surface area contributed by atoms with Crippen LogP contribution in [0.15, 0.2) is 52.6 Å². The average Bonchev–Trinajstić information content (AvgIpc) is 3.62. The molecule has 0 saturated heterocycles. The van der Waals surface area contributed by atoms with Crippen LogP contribution in [0.1, 0.15) is 33.7 Å². The van der Waals surface area contributed by atoms with Crippen molar-refractivity contribution in [3.8, 4) is 21.7 Å². The van der Waals surface area contributed by atoms with Crippen molar-refractivity contribution in [1.82, 2.24) is 14.5 Å². The third-order valence-electron chi connectivity index (χ3n) is 5.97. The van der Waals surface area contributed by atoms with Crippen molar-refractivity contribution in [2.45, 2.75) is 18.9 Å². The summed E-state index contributed by atoms with van der Waals surface area (Å²) in [6, 6.07) is 9.13. The van der Waals surface area contributed by atoms with Gasteiger partial charge in [-0.15, -0.1) is 11.3 Å². The van der Waals surface area contributed by atoms with E-state index in [1.54, 1.807) is 35.0 Å². The van der Waals surface area contributed by atoms with Gasteiger partial charge in [-0.05, 0) is 43.2 Å². The number of hydrogen-bond acceptors (Lipinski definition) is 7. The number of H-pyrrole nitrogens is 1. The van der Waals surface area contributed by atoms with Crippen LogP contribution in [0, 0.1) is 10.9 Å². The van der Waals surface area contributed by atoms with Crippen LogP contribution >= 0.6 is 34.5 Å². The minimum atomic E-state index is -0.990. The lowest BCUT2D eigenvalue weighted by atomic mass is 10.0. The smallest absolute Gasteiger partial charge is 0.345 e. The van der Waals surface area contributed by atoms with Gasteiger partial charge in [0, 0.05) is 27.9 Å². The van der Waals surface area contributed by atoms with Crippen LogP contribution in [0.25, 0.3) is 21.7 Å². The van der Waals surface area contributed by atoms with E-state index in [1.807, 2.05) is 0 Å². The van der Waals surface area contributed by atoms with E-state index in [0.717, 1.165) is 27.6 Å². The number of fused-ring (bicyclic) bond motifs is 1. The summed E-state index contributed by atoms with van der Waals surface area (Å²) in [7, 11) is 0. The Morgan fingerprint density at radius 3 is 2.78 bits per heavy atom. The van der Waals surface area contributed by atoms with Gasteiger partial charge in [0.1, 0.15) is 17.0 Å². The Labute approximate surface area is 217 Å². The van der Waals surface area contributed by atoms with E-state index in [4.69, 9.17) is 34.1 Å². The Kier molecular flexibility index (Phi) is 6.20. The molecule has 10 nitrogen and oxygen atoms in total. The van der Waals surface area contributed by atoms with Crippen LogP contribution in [0.5, 0.6) is 0 Å². The molecule has 13 heteroatoms. The second-order valence-electron chi connectivity index (χ2n) is 7.97. The zero-order chi connectivity index (χ0) is 25.6. The van der Waals surface area contributed by atoms with E-state index in [9.17, 15) is 14.7 Å². The Bertz CT molecular complexity index is 1580. The van der Waals surface area contributed by atoms with Crippen LogP contribution in [-0.2, 0) is 6.42 Å². The molecule has 4 aromatic rings. The highest BCUT2D eigenvalue weighted by Gasteiger charge is 2.31. The SMILES string of the molecule is N=CN(N=N)c1ccc(Cl)cc1-c1cc(=O)n2c(c1Cl)CC[C@H]2c1ncc(-c2ccc(C(=O)O)s2)[nH]1. The highest BCUT2D eigenvalue weighted by molar-refractivity contribution is 7.17. The molecular formula is C23H17Cl2N7O3S. The second-order valence-corrected chi connectivity index (χ2v) is 9.87. The van der Waals surface area contributed by atoms with Gasteiger partial charge in [0.05, 0.1) is 33.5 Å². The predicted molar refractivity (Wildman–Crippen MR) is 138 cm³/mol. The first-order valence-corrected chi connectivity index (χ1v) is 12.2. The van der Waals surface area contributed by atoms with Gasteiger partial charge in [-0.3, -0.25) is 10.2 Å². The second kappa shape index (κ2) is 9.34. The van der Waals surface area contributed by atoms with E-state index in [1.165, 1.54) is 12.1 Å². The van der Waals surface area contributed by atoms with Crippen LogP contribution in [0.4, 0.5) is 5.69 Å². The lowest BCUT2D eigenvalue weighted by Gasteiger charge is -2.19. The molecule has 5 rings (SSSR count). The van der Waals surface area contributed by atoms with Crippen molar-refractivity contribution in [3.05, 3.63) is 79.4 Å². The number of benzene rings is 1. The Balaban J connectivity index is 1.56. The summed E-state index contributed by atoms with van der Waals surface area (Å²) < 4.78 is 1.61. The Hall–Kier alpha value is -3.80. The summed E-state index contributed by atoms with van der Waals surface area (Å²) in [6.45, 7) is 0. The number of rotatable bonds is 7. The molecule has 0 aliphatic carbocycles. The van der Waals surface area contributed by atoms with Gasteiger partial charge in [-0.2, -0.15) is 5.53 Å². The maximum Gasteiger partial charge on any atom is 0.345 e. The molecule has 1 aliphatic rings. The third kappa shape index (κ3) is 4.00. The van der Waals surface area contributed by atoms with Crippen molar-refractivity contribution in [2.75, 3.05) is 5.01 Å². The molecule has 1 atom stereocenters. The monoisotopic (exact) mass is 541 g/mol. The number of halogens is 2. The molecule has 0 fully saturated rings. The van der Waals surface area contributed by atoms with E-state index >= 15 is 0 Å². The summed E-state index contributed by atoms with van der Waals surface area (Å²) in [5.41, 5.74) is 9.68. The molecule has 4 N–H and O–H groups in total. The van der Waals surface area contributed by atoms with Crippen molar-refractivity contribution in [3.63, 3.8) is 0 Å². The zero-order valence-electron chi connectivity index (χ0n) is 18.3. The lowest BCUT2D eigenvalue weighted by Crippen LogP contribution is -2.24. The van der Waals surface area contributed by atoms with E-state index in [-0.39, 0.29) is 16.5 Å². The van der Waals surface area contributed by atoms with Crippen LogP contribution in [0.3, 0.4) is 0 Å². The molecule has 1 aromatic carbocycles. The van der Waals surface area contributed by atoms with Gasteiger partial charge in [0.2, 0.25) is 0 Å². The number of aromatic nitrogens is 3. The number of imidazole rings is 1. The molecule has 1 aliphatic heterocycles. The molecule has 3 aromatic heterocycles. The minimum Gasteiger partial charge on any atom is -0.477 e. The number of carboxylic acids is 1. The van der Waals surface area contributed by atoms with Crippen molar-refractivity contribution < 1.29 is 9.90 Å². The number of carboxylic acid groups (broad SMARTS) is 1. The number of aromatic amines is 1. The highest BCUT2D eigenvalue weighted by Crippen LogP contribution is 2.41. The van der Waals surface area contributed by atoms with Gasteiger partial charge in [-0.25, -0.2) is 14.8 Å². The Morgan fingerprint density at radius 2 is 2.08 bits per heavy atom. The number of nitrogens with zero attached hydrogens (tertiary/aromatic N) is 4. The van der Waals surface area contributed by atoms with Gasteiger partial charge >= 0.3 is 5.97 Å². The number of thiophene rings is 1. The predicted octanol–water partition coefficient (Wildman–Crippen LogP) is 5.87. The van der Waals surface area contributed by atoms with Crippen molar-refractivity contribution >= 4 is 52.5 Å². The highest BCUT2D eigenvalue weighted by atomic mass is 35.5. The normalized spacial score (nSPS) is 14.4. The molecule has 0 unspecified atom stereocenters. The summed E-state index contributed by atoms with van der Waals surface area (Å²) >= 11 is 14.2. The first kappa shape index (κ1) is 23.9. The molecule has 36 heavy (non-hydrogen) atoms. The average molecular weight is 542 g/mol. The van der Waals surface area contributed by atoms with Crippen LogP contribution in [-0.4, -0.2) is 31.9 Å². The van der Waals surface area contributed by atoms with Crippen LogP contribution in [0.2, 0.25) is 10.0 Å². The van der Waals surface area contributed by atoms with Crippen molar-refractivity contribution in [1.29, 1.82) is 10.9 Å². The first-order valence-electron chi connectivity index (χ1n) is 10.6. The molecule has 0 saturated carbocycles. The molecule has 182 valence electrons. The van der Waals surface area contributed by atoms with Gasteiger partial charge in [-0.1, -0.05) is 28.4 Å². The molecular weight excluding hydrogens is 525 g/mol. The maximum atomic E-state index is 13.3. The number of hydrogen-bond donors (Lipinski definition) is 4. The number of anilines is 1. The number of aromatic carboxylic acids is 1. The van der Waals surface area contributed by atoms with Gasteiger partial charge in [0.25, 0.3) is 5.56 Å². The molecule has 4 heterocycles. The summed E-state index contributed by atoms with van der Waals surface area (Å²) in [5, 5.41) is 21.9. The van der Waals surface area contributed by atoms with Gasteiger partial charge < -0.3 is 14.7 Å². The number of nitrogens with one attached hydrogen (secondary N) is 3. The van der Waals surface area contributed by atoms with E-state index < -0.39 is 5.97 Å². The lowest BCUT2D eigenvalue weighted by molar-refractivity contribution is 0.0702. The number of carbonyl (C=O) groups is 1. The van der Waals surface area contributed by atoms with E-state index in [2.05, 4.69) is 15.2 Å². The summed E-state index contributed by atoms with van der Waals surface area (Å²) in [4.78, 5) is 33.2. The van der Waals surface area contributed by atoms with Crippen molar-refractivity contribution in [2.24, 2.45) is 5.22 Å². The first-order chi connectivity index (χ1) is 17.3. The zero-order valence-corrected chi connectivity index (χ0v) is 20.7. The van der Waals surface area contributed by atoms with E-state index in [0.29, 0.717) is 56.9 Å². The standard InChI is InChI=1S/C23H17Cl2N7O3S/c24-11-1-2-15(31(10-26)30-27)12(7-11)13-8-20(33)32-16(21(13)25)3-4-17(32)22-28-9-14(29-22)18-5-6-19(36-18)23(34)35/h1-2,5-10,17,26-27H,3-4H2,(H,28,29)(H,34,35)/t17-/m0/s1. The fourth-order valence-corrected chi connectivity index (χ4v) is 5.71.